The average molecular weight is 413 g/mol. The third kappa shape index (κ3) is 5.34. The standard InChI is InChI=1S/C22H24N2O4S/c1-3-15(2)24-29(27,28)14-16-7-6-9-19(11-16)23-22(26)18-12-17-8-4-5-10-20(17)21(25)13-18/h4-13,15,24-25H,3,14H2,1-2H3,(H,23,26). The van der Waals surface area contributed by atoms with E-state index < -0.39 is 10.0 Å². The van der Waals surface area contributed by atoms with Crippen LogP contribution >= 0.6 is 0 Å². The summed E-state index contributed by atoms with van der Waals surface area (Å²) >= 11 is 0. The number of hydrogen-bond acceptors (Lipinski definition) is 4. The second kappa shape index (κ2) is 8.63. The molecular formula is C22H24N2O4S. The van der Waals surface area contributed by atoms with Crippen molar-refractivity contribution in [3.8, 4) is 5.75 Å². The molecule has 3 rings (SSSR count). The number of phenolic OH excluding ortho intramolecular Hbond substituents is 1. The van der Waals surface area contributed by atoms with Crippen molar-refractivity contribution in [2.45, 2.75) is 32.1 Å². The molecule has 0 heterocycles. The second-order valence-corrected chi connectivity index (χ2v) is 8.81. The number of aromatic hydroxyl groups is 1. The fraction of sp³-hybridized carbons (Fsp3) is 0.227. The van der Waals surface area contributed by atoms with E-state index >= 15 is 0 Å². The van der Waals surface area contributed by atoms with Gasteiger partial charge >= 0.3 is 0 Å². The van der Waals surface area contributed by atoms with Crippen molar-refractivity contribution < 1.29 is 18.3 Å². The fourth-order valence-electron chi connectivity index (χ4n) is 3.01. The van der Waals surface area contributed by atoms with Crippen LogP contribution in [0.25, 0.3) is 10.8 Å². The smallest absolute Gasteiger partial charge is 0.255 e. The molecule has 0 aliphatic rings. The quantitative estimate of drug-likeness (QED) is 0.546. The minimum atomic E-state index is -3.47. The lowest BCUT2D eigenvalue weighted by Crippen LogP contribution is -2.32. The highest BCUT2D eigenvalue weighted by Gasteiger charge is 2.15. The summed E-state index contributed by atoms with van der Waals surface area (Å²) in [5.74, 6) is -0.523. The van der Waals surface area contributed by atoms with E-state index in [4.69, 9.17) is 0 Å². The number of amides is 1. The van der Waals surface area contributed by atoms with Crippen LogP contribution in [0.2, 0.25) is 0 Å². The first-order valence-corrected chi connectivity index (χ1v) is 11.0. The van der Waals surface area contributed by atoms with E-state index in [9.17, 15) is 18.3 Å². The lowest BCUT2D eigenvalue weighted by molar-refractivity contribution is 0.102. The first-order valence-electron chi connectivity index (χ1n) is 9.39. The fourth-order valence-corrected chi connectivity index (χ4v) is 4.50. The normalized spacial score (nSPS) is 12.6. The Labute approximate surface area is 170 Å². The Bertz CT molecular complexity index is 1140. The van der Waals surface area contributed by atoms with Gasteiger partial charge in [-0.05, 0) is 48.6 Å². The van der Waals surface area contributed by atoms with Gasteiger partial charge in [-0.15, -0.1) is 0 Å². The molecule has 1 amide bonds. The Morgan fingerprint density at radius 1 is 1.07 bits per heavy atom. The zero-order valence-electron chi connectivity index (χ0n) is 16.3. The van der Waals surface area contributed by atoms with E-state index in [1.807, 2.05) is 32.0 Å². The van der Waals surface area contributed by atoms with Gasteiger partial charge in [-0.25, -0.2) is 13.1 Å². The highest BCUT2D eigenvalue weighted by Crippen LogP contribution is 2.27. The third-order valence-electron chi connectivity index (χ3n) is 4.64. The van der Waals surface area contributed by atoms with Crippen LogP contribution in [-0.2, 0) is 15.8 Å². The molecule has 7 heteroatoms. The number of carbonyl (C=O) groups is 1. The molecule has 0 fully saturated rings. The van der Waals surface area contributed by atoms with Crippen LogP contribution in [0.5, 0.6) is 5.75 Å². The Kier molecular flexibility index (Phi) is 6.20. The predicted molar refractivity (Wildman–Crippen MR) is 116 cm³/mol. The number of fused-ring (bicyclic) bond motifs is 1. The summed E-state index contributed by atoms with van der Waals surface area (Å²) < 4.78 is 27.1. The van der Waals surface area contributed by atoms with E-state index in [0.29, 0.717) is 28.6 Å². The minimum Gasteiger partial charge on any atom is -0.507 e. The van der Waals surface area contributed by atoms with Crippen molar-refractivity contribution in [2.24, 2.45) is 0 Å². The summed E-state index contributed by atoms with van der Waals surface area (Å²) in [6.45, 7) is 3.72. The van der Waals surface area contributed by atoms with Crippen LogP contribution < -0.4 is 10.0 Å². The Morgan fingerprint density at radius 2 is 1.83 bits per heavy atom. The molecule has 0 saturated heterocycles. The maximum absolute atomic E-state index is 12.6. The number of rotatable bonds is 7. The Hall–Kier alpha value is -2.90. The average Bonchev–Trinajstić information content (AvgIpc) is 2.67. The van der Waals surface area contributed by atoms with Crippen molar-refractivity contribution in [1.82, 2.24) is 4.72 Å². The minimum absolute atomic E-state index is 0.0317. The van der Waals surface area contributed by atoms with Crippen LogP contribution in [0.4, 0.5) is 5.69 Å². The van der Waals surface area contributed by atoms with Crippen LogP contribution in [0.15, 0.2) is 60.7 Å². The van der Waals surface area contributed by atoms with Gasteiger partial charge in [0.05, 0.1) is 5.75 Å². The van der Waals surface area contributed by atoms with Gasteiger partial charge in [-0.2, -0.15) is 0 Å². The van der Waals surface area contributed by atoms with Gasteiger partial charge < -0.3 is 10.4 Å². The SMILES string of the molecule is CCC(C)NS(=O)(=O)Cc1cccc(NC(=O)c2cc(O)c3ccccc3c2)c1. The molecule has 0 aliphatic carbocycles. The molecule has 1 unspecified atom stereocenters. The Morgan fingerprint density at radius 3 is 2.59 bits per heavy atom. The highest BCUT2D eigenvalue weighted by atomic mass is 32.2. The molecule has 3 N–H and O–H groups in total. The molecule has 1 atom stereocenters. The maximum atomic E-state index is 12.6. The summed E-state index contributed by atoms with van der Waals surface area (Å²) in [5.41, 5.74) is 1.37. The summed E-state index contributed by atoms with van der Waals surface area (Å²) in [4.78, 5) is 12.6. The molecule has 0 radical (unpaired) electrons. The van der Waals surface area contributed by atoms with Crippen LogP contribution in [0.1, 0.15) is 36.2 Å². The molecule has 0 aliphatic heterocycles. The van der Waals surface area contributed by atoms with Gasteiger partial charge in [0.15, 0.2) is 0 Å². The maximum Gasteiger partial charge on any atom is 0.255 e. The van der Waals surface area contributed by atoms with Crippen molar-refractivity contribution in [2.75, 3.05) is 5.32 Å². The summed E-state index contributed by atoms with van der Waals surface area (Å²) in [6, 6.07) is 17.0. The molecule has 29 heavy (non-hydrogen) atoms. The molecule has 3 aromatic carbocycles. The zero-order valence-corrected chi connectivity index (χ0v) is 17.2. The van der Waals surface area contributed by atoms with Crippen LogP contribution in [-0.4, -0.2) is 25.5 Å². The van der Waals surface area contributed by atoms with E-state index in [2.05, 4.69) is 10.0 Å². The van der Waals surface area contributed by atoms with Crippen molar-refractivity contribution >= 4 is 32.4 Å². The molecule has 152 valence electrons. The van der Waals surface area contributed by atoms with Gasteiger partial charge in [0, 0.05) is 22.7 Å². The van der Waals surface area contributed by atoms with Crippen molar-refractivity contribution in [3.05, 3.63) is 71.8 Å². The number of hydrogen-bond donors (Lipinski definition) is 3. The van der Waals surface area contributed by atoms with Crippen molar-refractivity contribution in [1.29, 1.82) is 0 Å². The van der Waals surface area contributed by atoms with Crippen LogP contribution in [0.3, 0.4) is 0 Å². The summed E-state index contributed by atoms with van der Waals surface area (Å²) in [5, 5.41) is 14.4. The van der Waals surface area contributed by atoms with Gasteiger partial charge in [-0.1, -0.05) is 43.3 Å². The molecule has 6 nitrogen and oxygen atoms in total. The third-order valence-corrected chi connectivity index (χ3v) is 6.11. The highest BCUT2D eigenvalue weighted by molar-refractivity contribution is 7.88. The number of carbonyl (C=O) groups excluding carboxylic acids is 1. The van der Waals surface area contributed by atoms with Gasteiger partial charge in [0.25, 0.3) is 5.91 Å². The Balaban J connectivity index is 1.77. The van der Waals surface area contributed by atoms with Gasteiger partial charge in [-0.3, -0.25) is 4.79 Å². The van der Waals surface area contributed by atoms with Gasteiger partial charge in [0.1, 0.15) is 5.75 Å². The summed E-state index contributed by atoms with van der Waals surface area (Å²) in [6.07, 6.45) is 0.702. The van der Waals surface area contributed by atoms with E-state index in [0.717, 1.165) is 5.39 Å². The molecular weight excluding hydrogens is 388 g/mol. The number of sulfonamides is 1. The molecule has 0 bridgehead atoms. The number of benzene rings is 3. The van der Waals surface area contributed by atoms with E-state index in [-0.39, 0.29) is 23.5 Å². The summed E-state index contributed by atoms with van der Waals surface area (Å²) in [7, 11) is -3.47. The first kappa shape index (κ1) is 20.8. The lowest BCUT2D eigenvalue weighted by atomic mass is 10.1. The monoisotopic (exact) mass is 412 g/mol. The number of nitrogens with one attached hydrogen (secondary N) is 2. The number of phenols is 1. The predicted octanol–water partition coefficient (Wildman–Crippen LogP) is 4.02. The molecule has 0 aromatic heterocycles. The zero-order chi connectivity index (χ0) is 21.0. The molecule has 0 saturated carbocycles. The van der Waals surface area contributed by atoms with E-state index in [1.54, 1.807) is 36.4 Å². The topological polar surface area (TPSA) is 95.5 Å². The van der Waals surface area contributed by atoms with Gasteiger partial charge in [0.2, 0.25) is 10.0 Å². The largest absolute Gasteiger partial charge is 0.507 e. The second-order valence-electron chi connectivity index (χ2n) is 7.06. The van der Waals surface area contributed by atoms with Crippen LogP contribution in [0, 0.1) is 0 Å². The van der Waals surface area contributed by atoms with Crippen molar-refractivity contribution in [3.63, 3.8) is 0 Å². The lowest BCUT2D eigenvalue weighted by Gasteiger charge is -2.13. The van der Waals surface area contributed by atoms with E-state index in [1.165, 1.54) is 6.07 Å². The number of anilines is 1. The molecule has 0 spiro atoms. The first-order chi connectivity index (χ1) is 13.8. The molecule has 3 aromatic rings.